The monoisotopic (exact) mass is 452 g/mol. The Kier molecular flexibility index (Phi) is 7.81. The molecular formula is C24H36O4S2. The van der Waals surface area contributed by atoms with Crippen molar-refractivity contribution in [2.75, 3.05) is 12.9 Å². The van der Waals surface area contributed by atoms with Crippen LogP contribution >= 0.6 is 11.3 Å². The third-order valence-corrected chi connectivity index (χ3v) is 8.18. The maximum absolute atomic E-state index is 11.7. The number of rotatable bonds is 9. The summed E-state index contributed by atoms with van der Waals surface area (Å²) in [4.78, 5) is 2.08. The van der Waals surface area contributed by atoms with Crippen LogP contribution in [0.15, 0.2) is 30.3 Å². The van der Waals surface area contributed by atoms with Crippen LogP contribution in [0.2, 0.25) is 0 Å². The predicted octanol–water partition coefficient (Wildman–Crippen LogP) is 5.49. The lowest BCUT2D eigenvalue weighted by molar-refractivity contribution is 0.0216. The third-order valence-electron chi connectivity index (χ3n) is 5.87. The van der Waals surface area contributed by atoms with Crippen LogP contribution in [0.25, 0.3) is 0 Å². The summed E-state index contributed by atoms with van der Waals surface area (Å²) in [6.45, 7) is 12.6. The van der Waals surface area contributed by atoms with Gasteiger partial charge in [0.15, 0.2) is 9.84 Å². The summed E-state index contributed by atoms with van der Waals surface area (Å²) in [5.41, 5.74) is 1.86. The van der Waals surface area contributed by atoms with Crippen molar-refractivity contribution in [1.82, 2.24) is 0 Å². The van der Waals surface area contributed by atoms with Gasteiger partial charge in [0.25, 0.3) is 0 Å². The molecule has 1 aromatic carbocycles. The summed E-state index contributed by atoms with van der Waals surface area (Å²) in [6.07, 6.45) is 2.58. The molecule has 1 atom stereocenters. The Morgan fingerprint density at radius 2 is 1.73 bits per heavy atom. The van der Waals surface area contributed by atoms with Gasteiger partial charge in [-0.25, -0.2) is 8.42 Å². The van der Waals surface area contributed by atoms with Crippen LogP contribution in [0.4, 0.5) is 0 Å². The summed E-state index contributed by atoms with van der Waals surface area (Å²) >= 11 is 1.59. The van der Waals surface area contributed by atoms with E-state index < -0.39 is 15.9 Å². The number of aliphatic hydroxyl groups excluding tert-OH is 1. The molecule has 2 aromatic rings. The highest BCUT2D eigenvalue weighted by molar-refractivity contribution is 7.90. The fourth-order valence-electron chi connectivity index (χ4n) is 3.65. The molecule has 0 spiro atoms. The second-order valence-electron chi connectivity index (χ2n) is 9.30. The minimum absolute atomic E-state index is 0.0864. The van der Waals surface area contributed by atoms with Crippen molar-refractivity contribution < 1.29 is 18.3 Å². The van der Waals surface area contributed by atoms with Gasteiger partial charge in [0.2, 0.25) is 0 Å². The molecule has 1 N–H and O–H groups in total. The van der Waals surface area contributed by atoms with E-state index in [2.05, 4.69) is 32.0 Å². The molecule has 0 aliphatic heterocycles. The van der Waals surface area contributed by atoms with Gasteiger partial charge in [0, 0.05) is 21.4 Å². The SMILES string of the molecule is CCC(CC)(c1ccc(OCC(O)C(C)(C)C)c(C)c1)c1ccc(CS(C)(=O)=O)s1. The quantitative estimate of drug-likeness (QED) is 0.546. The Bertz CT molecular complexity index is 948. The van der Waals surface area contributed by atoms with Crippen LogP contribution < -0.4 is 4.74 Å². The molecule has 1 unspecified atom stereocenters. The standard InChI is InChI=1S/C24H36O4S2/c1-8-24(9-2,22-13-11-19(29-22)16-30(7,26)27)18-10-12-20(17(3)14-18)28-15-21(25)23(4,5)6/h10-14,21,25H,8-9,15-16H2,1-7H3. The van der Waals surface area contributed by atoms with E-state index in [4.69, 9.17) is 4.74 Å². The van der Waals surface area contributed by atoms with Crippen molar-refractivity contribution in [1.29, 1.82) is 0 Å². The molecule has 0 fully saturated rings. The molecule has 0 aliphatic carbocycles. The van der Waals surface area contributed by atoms with Crippen LogP contribution in [0.1, 0.15) is 68.3 Å². The molecule has 0 saturated carbocycles. The van der Waals surface area contributed by atoms with Gasteiger partial charge >= 0.3 is 0 Å². The number of aryl methyl sites for hydroxylation is 1. The number of hydrogen-bond acceptors (Lipinski definition) is 5. The van der Waals surface area contributed by atoms with E-state index in [1.54, 1.807) is 11.3 Å². The molecule has 6 heteroatoms. The molecule has 0 saturated heterocycles. The van der Waals surface area contributed by atoms with Crippen LogP contribution in [0.5, 0.6) is 5.75 Å². The number of ether oxygens (including phenoxy) is 1. The maximum atomic E-state index is 11.7. The molecule has 1 heterocycles. The average Bonchev–Trinajstić information content (AvgIpc) is 3.08. The van der Waals surface area contributed by atoms with E-state index in [-0.39, 0.29) is 23.2 Å². The van der Waals surface area contributed by atoms with E-state index in [1.165, 1.54) is 16.7 Å². The van der Waals surface area contributed by atoms with Crippen LogP contribution in [0, 0.1) is 12.3 Å². The van der Waals surface area contributed by atoms with Crippen LogP contribution in [-0.2, 0) is 21.0 Å². The molecule has 2 rings (SSSR count). The fraction of sp³-hybridized carbons (Fsp3) is 0.583. The first kappa shape index (κ1) is 24.9. The Balaban J connectivity index is 2.33. The zero-order valence-corrected chi connectivity index (χ0v) is 20.9. The second-order valence-corrected chi connectivity index (χ2v) is 12.6. The van der Waals surface area contributed by atoms with Gasteiger partial charge in [0.1, 0.15) is 12.4 Å². The van der Waals surface area contributed by atoms with E-state index in [0.29, 0.717) is 0 Å². The maximum Gasteiger partial charge on any atom is 0.152 e. The lowest BCUT2D eigenvalue weighted by Gasteiger charge is -2.32. The summed E-state index contributed by atoms with van der Waals surface area (Å²) in [5.74, 6) is 0.871. The van der Waals surface area contributed by atoms with Gasteiger partial charge in [0.05, 0.1) is 11.9 Å². The minimum atomic E-state index is -3.05. The zero-order valence-electron chi connectivity index (χ0n) is 19.3. The van der Waals surface area contributed by atoms with E-state index >= 15 is 0 Å². The van der Waals surface area contributed by atoms with Gasteiger partial charge in [-0.3, -0.25) is 0 Å². The lowest BCUT2D eigenvalue weighted by Crippen LogP contribution is -2.32. The molecule has 168 valence electrons. The van der Waals surface area contributed by atoms with Crippen LogP contribution in [-0.4, -0.2) is 32.5 Å². The van der Waals surface area contributed by atoms with Gasteiger partial charge < -0.3 is 9.84 Å². The van der Waals surface area contributed by atoms with Crippen molar-refractivity contribution in [2.24, 2.45) is 5.41 Å². The molecule has 4 nitrogen and oxygen atoms in total. The fourth-order valence-corrected chi connectivity index (χ4v) is 6.30. The first-order valence-corrected chi connectivity index (χ1v) is 13.4. The smallest absolute Gasteiger partial charge is 0.152 e. The second kappa shape index (κ2) is 9.41. The first-order valence-electron chi connectivity index (χ1n) is 10.5. The van der Waals surface area contributed by atoms with Crippen molar-refractivity contribution in [2.45, 2.75) is 71.7 Å². The van der Waals surface area contributed by atoms with E-state index in [9.17, 15) is 13.5 Å². The molecule has 0 amide bonds. The molecule has 0 aliphatic rings. The lowest BCUT2D eigenvalue weighted by atomic mass is 9.74. The largest absolute Gasteiger partial charge is 0.491 e. The van der Waals surface area contributed by atoms with Crippen molar-refractivity contribution >= 4 is 21.2 Å². The topological polar surface area (TPSA) is 63.6 Å². The average molecular weight is 453 g/mol. The number of hydrogen-bond donors (Lipinski definition) is 1. The minimum Gasteiger partial charge on any atom is -0.491 e. The predicted molar refractivity (Wildman–Crippen MR) is 126 cm³/mol. The third kappa shape index (κ3) is 5.86. The Morgan fingerprint density at radius 1 is 1.10 bits per heavy atom. The number of thiophene rings is 1. The molecule has 0 bridgehead atoms. The summed E-state index contributed by atoms with van der Waals surface area (Å²) in [7, 11) is -3.05. The van der Waals surface area contributed by atoms with Crippen molar-refractivity contribution in [3.8, 4) is 5.75 Å². The van der Waals surface area contributed by atoms with Gasteiger partial charge in [-0.15, -0.1) is 11.3 Å². The van der Waals surface area contributed by atoms with E-state index in [1.807, 2.05) is 39.8 Å². The Hall–Kier alpha value is -1.37. The number of benzene rings is 1. The van der Waals surface area contributed by atoms with Gasteiger partial charge in [-0.1, -0.05) is 46.8 Å². The van der Waals surface area contributed by atoms with Crippen molar-refractivity contribution in [3.63, 3.8) is 0 Å². The summed E-state index contributed by atoms with van der Waals surface area (Å²) in [6, 6.07) is 10.3. The Labute approximate surface area is 186 Å². The molecule has 1 aromatic heterocycles. The van der Waals surface area contributed by atoms with Gasteiger partial charge in [-0.2, -0.15) is 0 Å². The highest BCUT2D eigenvalue weighted by atomic mass is 32.2. The molecule has 30 heavy (non-hydrogen) atoms. The summed E-state index contributed by atoms with van der Waals surface area (Å²) < 4.78 is 29.3. The first-order chi connectivity index (χ1) is 13.8. The zero-order chi connectivity index (χ0) is 22.7. The normalized spacial score (nSPS) is 14.0. The number of sulfone groups is 1. The highest BCUT2D eigenvalue weighted by Crippen LogP contribution is 2.43. The van der Waals surface area contributed by atoms with Gasteiger partial charge in [-0.05, 0) is 54.5 Å². The highest BCUT2D eigenvalue weighted by Gasteiger charge is 2.33. The molecular weight excluding hydrogens is 416 g/mol. The summed E-state index contributed by atoms with van der Waals surface area (Å²) in [5, 5.41) is 10.3. The number of aliphatic hydroxyl groups is 1. The Morgan fingerprint density at radius 3 is 2.23 bits per heavy atom. The van der Waals surface area contributed by atoms with Crippen LogP contribution in [0.3, 0.4) is 0 Å². The molecule has 0 radical (unpaired) electrons. The van der Waals surface area contributed by atoms with E-state index in [0.717, 1.165) is 29.0 Å². The van der Waals surface area contributed by atoms with Crippen molar-refractivity contribution in [3.05, 3.63) is 51.2 Å².